The third-order valence-corrected chi connectivity index (χ3v) is 6.85. The van der Waals surface area contributed by atoms with E-state index in [1.807, 2.05) is 0 Å². The summed E-state index contributed by atoms with van der Waals surface area (Å²) >= 11 is 3.55. The largest absolute Gasteiger partial charge is 0.0925 e. The molecule has 158 valence electrons. The molecule has 0 spiro atoms. The van der Waals surface area contributed by atoms with E-state index in [1.54, 1.807) is 0 Å². The Bertz CT molecular complexity index is 1480. The molecule has 1 aliphatic carbocycles. The van der Waals surface area contributed by atoms with Gasteiger partial charge in [0, 0.05) is 5.33 Å². The van der Waals surface area contributed by atoms with E-state index in [1.165, 1.54) is 54.2 Å². The van der Waals surface area contributed by atoms with Gasteiger partial charge in [0.2, 0.25) is 0 Å². The van der Waals surface area contributed by atoms with Gasteiger partial charge in [-0.25, -0.2) is 0 Å². The summed E-state index contributed by atoms with van der Waals surface area (Å²) in [7, 11) is 0. The van der Waals surface area contributed by atoms with E-state index >= 15 is 0 Å². The second-order valence-corrected chi connectivity index (χ2v) is 9.05. The fourth-order valence-electron chi connectivity index (χ4n) is 5.00. The summed E-state index contributed by atoms with van der Waals surface area (Å²) in [5.74, 6) is 0. The van der Waals surface area contributed by atoms with Gasteiger partial charge in [0.25, 0.3) is 0 Å². The molecule has 0 radical (unpaired) electrons. The molecule has 0 fully saturated rings. The lowest BCUT2D eigenvalue weighted by atomic mass is 9.85. The number of halogens is 1. The van der Waals surface area contributed by atoms with Crippen molar-refractivity contribution in [2.75, 3.05) is 5.33 Å². The molecule has 0 unspecified atom stereocenters. The van der Waals surface area contributed by atoms with E-state index in [0.29, 0.717) is 0 Å². The third-order valence-electron chi connectivity index (χ3n) is 6.39. The molecule has 0 aromatic heterocycles. The van der Waals surface area contributed by atoms with Crippen LogP contribution < -0.4 is 10.4 Å². The standard InChI is InChI=1S/C31H27Br/c1-2-22(12-9-10-21-32)30-26-16-5-7-18-28(26)31(29-19-8-6-17-27(29)30)25-20-11-14-23-13-3-4-15-24(23)25/h2-5,7,9,11-20H,6,8,10,21H2,1H3/b12-9-,22-2+. The smallest absolute Gasteiger partial charge is 0.00660 e. The molecule has 1 aliphatic rings. The maximum atomic E-state index is 3.55. The molecule has 4 aromatic rings. The van der Waals surface area contributed by atoms with Crippen LogP contribution >= 0.6 is 15.9 Å². The Morgan fingerprint density at radius 1 is 0.812 bits per heavy atom. The molecule has 0 aliphatic heterocycles. The zero-order chi connectivity index (χ0) is 21.9. The van der Waals surface area contributed by atoms with Crippen molar-refractivity contribution < 1.29 is 0 Å². The second kappa shape index (κ2) is 9.30. The molecule has 0 amide bonds. The van der Waals surface area contributed by atoms with Crippen LogP contribution in [0.5, 0.6) is 0 Å². The first-order chi connectivity index (χ1) is 15.8. The van der Waals surface area contributed by atoms with Gasteiger partial charge in [-0.2, -0.15) is 0 Å². The van der Waals surface area contributed by atoms with Gasteiger partial charge in [0.05, 0.1) is 0 Å². The molecule has 1 heteroatoms. The molecule has 0 N–H and O–H groups in total. The molecule has 0 bridgehead atoms. The van der Waals surface area contributed by atoms with E-state index < -0.39 is 0 Å². The highest BCUT2D eigenvalue weighted by atomic mass is 79.9. The predicted molar refractivity (Wildman–Crippen MR) is 146 cm³/mol. The van der Waals surface area contributed by atoms with Crippen molar-refractivity contribution in [2.24, 2.45) is 0 Å². The number of allylic oxidation sites excluding steroid dienone is 4. The fraction of sp³-hybridized carbons (Fsp3) is 0.161. The van der Waals surface area contributed by atoms with Crippen molar-refractivity contribution in [1.29, 1.82) is 0 Å². The zero-order valence-electron chi connectivity index (χ0n) is 18.4. The van der Waals surface area contributed by atoms with Gasteiger partial charge >= 0.3 is 0 Å². The van der Waals surface area contributed by atoms with Crippen molar-refractivity contribution in [3.8, 4) is 11.1 Å². The lowest BCUT2D eigenvalue weighted by molar-refractivity contribution is 1.12. The summed E-state index contributed by atoms with van der Waals surface area (Å²) in [6, 6.07) is 24.4. The molecular weight excluding hydrogens is 452 g/mol. The highest BCUT2D eigenvalue weighted by Gasteiger charge is 2.17. The molecule has 32 heavy (non-hydrogen) atoms. The number of fused-ring (bicyclic) bond motifs is 3. The summed E-state index contributed by atoms with van der Waals surface area (Å²) in [6.45, 7) is 2.15. The normalized spacial score (nSPS) is 13.9. The summed E-state index contributed by atoms with van der Waals surface area (Å²) in [4.78, 5) is 0. The highest BCUT2D eigenvalue weighted by molar-refractivity contribution is 9.09. The SMILES string of the molecule is C/C=C(\C=C/CCBr)c1c2c(c(-c3cccc4ccccc34)c3ccccc13)=CCCC=2. The summed E-state index contributed by atoms with van der Waals surface area (Å²) in [5, 5.41) is 9.02. The van der Waals surface area contributed by atoms with Crippen LogP contribution in [-0.4, -0.2) is 5.33 Å². The molecule has 0 saturated carbocycles. The van der Waals surface area contributed by atoms with Crippen LogP contribution in [0.4, 0.5) is 0 Å². The van der Waals surface area contributed by atoms with Gasteiger partial charge in [-0.3, -0.25) is 0 Å². The fourth-order valence-corrected chi connectivity index (χ4v) is 5.26. The van der Waals surface area contributed by atoms with E-state index in [0.717, 1.165) is 24.6 Å². The molecular formula is C31H27Br. The molecule has 4 aromatic carbocycles. The maximum Gasteiger partial charge on any atom is 0.00660 e. The first-order valence-electron chi connectivity index (χ1n) is 11.5. The quantitative estimate of drug-likeness (QED) is 0.203. The Hall–Kier alpha value is -2.90. The third kappa shape index (κ3) is 3.65. The van der Waals surface area contributed by atoms with E-state index in [2.05, 4.69) is 120 Å². The Balaban J connectivity index is 1.93. The van der Waals surface area contributed by atoms with Crippen molar-refractivity contribution in [2.45, 2.75) is 26.2 Å². The molecule has 0 saturated heterocycles. The van der Waals surface area contributed by atoms with Crippen molar-refractivity contribution >= 4 is 55.2 Å². The number of alkyl halides is 1. The summed E-state index contributed by atoms with van der Waals surface area (Å²) in [5.41, 5.74) is 5.36. The molecule has 0 heterocycles. The van der Waals surface area contributed by atoms with Crippen LogP contribution in [0.3, 0.4) is 0 Å². The first-order valence-corrected chi connectivity index (χ1v) is 12.6. The Labute approximate surface area is 198 Å². The first kappa shape index (κ1) is 21.0. The highest BCUT2D eigenvalue weighted by Crippen LogP contribution is 2.34. The number of hydrogen-bond acceptors (Lipinski definition) is 0. The zero-order valence-corrected chi connectivity index (χ0v) is 20.0. The molecule has 0 nitrogen and oxygen atoms in total. The minimum absolute atomic E-state index is 0.985. The summed E-state index contributed by atoms with van der Waals surface area (Å²) < 4.78 is 0. The number of benzene rings is 4. The monoisotopic (exact) mass is 478 g/mol. The van der Waals surface area contributed by atoms with Crippen molar-refractivity contribution in [1.82, 2.24) is 0 Å². The van der Waals surface area contributed by atoms with E-state index in [-0.39, 0.29) is 0 Å². The van der Waals surface area contributed by atoms with Gasteiger partial charge in [0.1, 0.15) is 0 Å². The average molecular weight is 479 g/mol. The van der Waals surface area contributed by atoms with Crippen LogP contribution in [0.1, 0.15) is 31.7 Å². The number of rotatable bonds is 5. The van der Waals surface area contributed by atoms with E-state index in [9.17, 15) is 0 Å². The minimum Gasteiger partial charge on any atom is -0.0925 e. The van der Waals surface area contributed by atoms with Crippen LogP contribution in [0.15, 0.2) is 85.0 Å². The summed E-state index contributed by atoms with van der Waals surface area (Å²) in [6.07, 6.45) is 14.9. The van der Waals surface area contributed by atoms with Gasteiger partial charge < -0.3 is 0 Å². The van der Waals surface area contributed by atoms with Crippen LogP contribution in [-0.2, 0) is 0 Å². The molecule has 5 rings (SSSR count). The second-order valence-electron chi connectivity index (χ2n) is 8.26. The van der Waals surface area contributed by atoms with Gasteiger partial charge in [-0.05, 0) is 80.4 Å². The minimum atomic E-state index is 0.985. The average Bonchev–Trinajstić information content (AvgIpc) is 2.85. The van der Waals surface area contributed by atoms with Crippen LogP contribution in [0, 0.1) is 0 Å². The van der Waals surface area contributed by atoms with Crippen molar-refractivity contribution in [3.63, 3.8) is 0 Å². The number of hydrogen-bond donors (Lipinski definition) is 0. The Morgan fingerprint density at radius 2 is 1.50 bits per heavy atom. The van der Waals surface area contributed by atoms with Crippen LogP contribution in [0.25, 0.3) is 50.4 Å². The predicted octanol–water partition coefficient (Wildman–Crippen LogP) is 7.76. The van der Waals surface area contributed by atoms with E-state index in [4.69, 9.17) is 0 Å². The Morgan fingerprint density at radius 3 is 2.28 bits per heavy atom. The molecule has 0 atom stereocenters. The van der Waals surface area contributed by atoms with Gasteiger partial charge in [0.15, 0.2) is 0 Å². The lowest BCUT2D eigenvalue weighted by Gasteiger charge is -2.19. The maximum absolute atomic E-state index is 3.55. The van der Waals surface area contributed by atoms with Crippen LogP contribution in [0.2, 0.25) is 0 Å². The lowest BCUT2D eigenvalue weighted by Crippen LogP contribution is -2.32. The van der Waals surface area contributed by atoms with Crippen molar-refractivity contribution in [3.05, 3.63) is 101 Å². The van der Waals surface area contributed by atoms with Gasteiger partial charge in [-0.15, -0.1) is 0 Å². The Kier molecular flexibility index (Phi) is 6.10. The topological polar surface area (TPSA) is 0 Å². The van der Waals surface area contributed by atoms with Gasteiger partial charge in [-0.1, -0.05) is 113 Å².